The SMILES string of the molecule is COc1ccc(C(=O)N2CCCC(c3cc(C(F)(F)F)n4nc(C)cc4n3)C2)c(OC)c1. The molecular weight excluding hydrogens is 425 g/mol. The molecule has 0 bridgehead atoms. The van der Waals surface area contributed by atoms with Gasteiger partial charge in [0.15, 0.2) is 5.65 Å². The minimum atomic E-state index is -4.57. The number of aromatic nitrogens is 3. The zero-order valence-corrected chi connectivity index (χ0v) is 17.9. The van der Waals surface area contributed by atoms with Crippen molar-refractivity contribution in [2.45, 2.75) is 31.9 Å². The van der Waals surface area contributed by atoms with Gasteiger partial charge in [-0.15, -0.1) is 0 Å². The van der Waals surface area contributed by atoms with Crippen LogP contribution in [0.1, 0.15) is 46.2 Å². The maximum Gasteiger partial charge on any atom is 0.433 e. The fraction of sp³-hybridized carbons (Fsp3) is 0.409. The van der Waals surface area contributed by atoms with Gasteiger partial charge in [0.1, 0.15) is 17.2 Å². The number of aryl methyl sites for hydroxylation is 1. The highest BCUT2D eigenvalue weighted by molar-refractivity contribution is 5.97. The second-order valence-electron chi connectivity index (χ2n) is 7.78. The van der Waals surface area contributed by atoms with Crippen LogP contribution in [0.2, 0.25) is 0 Å². The van der Waals surface area contributed by atoms with Gasteiger partial charge in [-0.2, -0.15) is 18.3 Å². The van der Waals surface area contributed by atoms with Crippen molar-refractivity contribution in [3.8, 4) is 11.5 Å². The number of halogens is 3. The molecule has 4 rings (SSSR count). The number of piperidine rings is 1. The monoisotopic (exact) mass is 448 g/mol. The third kappa shape index (κ3) is 4.09. The van der Waals surface area contributed by atoms with E-state index in [0.717, 1.165) is 10.6 Å². The fourth-order valence-corrected chi connectivity index (χ4v) is 4.07. The summed E-state index contributed by atoms with van der Waals surface area (Å²) in [6.45, 7) is 2.39. The lowest BCUT2D eigenvalue weighted by molar-refractivity contribution is -0.142. The fourth-order valence-electron chi connectivity index (χ4n) is 4.07. The van der Waals surface area contributed by atoms with Gasteiger partial charge in [-0.3, -0.25) is 4.79 Å². The number of benzene rings is 1. The average molecular weight is 448 g/mol. The number of alkyl halides is 3. The van der Waals surface area contributed by atoms with Crippen molar-refractivity contribution < 1.29 is 27.4 Å². The molecule has 170 valence electrons. The average Bonchev–Trinajstić information content (AvgIpc) is 3.16. The summed E-state index contributed by atoms with van der Waals surface area (Å²) >= 11 is 0. The van der Waals surface area contributed by atoms with Crippen LogP contribution in [0.15, 0.2) is 30.3 Å². The maximum absolute atomic E-state index is 13.7. The Kier molecular flexibility index (Phi) is 5.70. The molecule has 0 radical (unpaired) electrons. The summed E-state index contributed by atoms with van der Waals surface area (Å²) in [6.07, 6.45) is -3.28. The predicted octanol–water partition coefficient (Wildman–Crippen LogP) is 4.09. The van der Waals surface area contributed by atoms with E-state index in [4.69, 9.17) is 9.47 Å². The van der Waals surface area contributed by atoms with Crippen LogP contribution in [0.25, 0.3) is 5.65 Å². The van der Waals surface area contributed by atoms with E-state index in [2.05, 4.69) is 10.1 Å². The number of likely N-dealkylation sites (tertiary alicyclic amines) is 1. The Hall–Kier alpha value is -3.30. The summed E-state index contributed by atoms with van der Waals surface area (Å²) in [5.74, 6) is 0.373. The van der Waals surface area contributed by atoms with E-state index < -0.39 is 11.9 Å². The Balaban J connectivity index is 1.65. The molecule has 3 aromatic rings. The van der Waals surface area contributed by atoms with Crippen LogP contribution in [0.5, 0.6) is 11.5 Å². The van der Waals surface area contributed by atoms with Crippen LogP contribution in [0.3, 0.4) is 0 Å². The van der Waals surface area contributed by atoms with Gasteiger partial charge in [0.25, 0.3) is 5.91 Å². The van der Waals surface area contributed by atoms with Gasteiger partial charge in [0.2, 0.25) is 0 Å². The van der Waals surface area contributed by atoms with Gasteiger partial charge in [-0.25, -0.2) is 9.50 Å². The molecule has 1 amide bonds. The molecule has 0 aliphatic carbocycles. The Morgan fingerprint density at radius 1 is 1.16 bits per heavy atom. The molecule has 1 aromatic carbocycles. The molecule has 0 spiro atoms. The molecule has 2 aromatic heterocycles. The predicted molar refractivity (Wildman–Crippen MR) is 110 cm³/mol. The standard InChI is InChI=1S/C22H23F3N4O3/c1-13-9-20-26-17(11-19(22(23,24)25)29(20)27-13)14-5-4-8-28(12-14)21(30)16-7-6-15(31-2)10-18(16)32-3/h6-7,9-11,14H,4-5,8,12H2,1-3H3. The molecular formula is C22H23F3N4O3. The summed E-state index contributed by atoms with van der Waals surface area (Å²) in [5.41, 5.74) is 0.411. The quantitative estimate of drug-likeness (QED) is 0.601. The van der Waals surface area contributed by atoms with Gasteiger partial charge in [-0.05, 0) is 38.0 Å². The number of rotatable bonds is 4. The van der Waals surface area contributed by atoms with Crippen LogP contribution < -0.4 is 9.47 Å². The molecule has 1 unspecified atom stereocenters. The lowest BCUT2D eigenvalue weighted by atomic mass is 9.93. The Morgan fingerprint density at radius 3 is 2.62 bits per heavy atom. The number of methoxy groups -OCH3 is 2. The second-order valence-corrected chi connectivity index (χ2v) is 7.78. The van der Waals surface area contributed by atoms with Gasteiger partial charge in [0.05, 0.1) is 25.5 Å². The number of nitrogens with zero attached hydrogens (tertiary/aromatic N) is 4. The number of fused-ring (bicyclic) bond motifs is 1. The van der Waals surface area contributed by atoms with Gasteiger partial charge < -0.3 is 14.4 Å². The Labute approximate surface area is 182 Å². The van der Waals surface area contributed by atoms with Gasteiger partial charge >= 0.3 is 6.18 Å². The first kappa shape index (κ1) is 21.9. The zero-order chi connectivity index (χ0) is 23.0. The van der Waals surface area contributed by atoms with Crippen molar-refractivity contribution >= 4 is 11.6 Å². The lowest BCUT2D eigenvalue weighted by Crippen LogP contribution is -2.39. The maximum atomic E-state index is 13.7. The molecule has 1 fully saturated rings. The van der Waals surface area contributed by atoms with Crippen LogP contribution in [0, 0.1) is 6.92 Å². The molecule has 1 aliphatic rings. The van der Waals surface area contributed by atoms with Crippen LogP contribution in [0.4, 0.5) is 13.2 Å². The number of carbonyl (C=O) groups excluding carboxylic acids is 1. The molecule has 3 heterocycles. The van der Waals surface area contributed by atoms with Crippen molar-refractivity contribution in [1.82, 2.24) is 19.5 Å². The number of hydrogen-bond donors (Lipinski definition) is 0. The largest absolute Gasteiger partial charge is 0.497 e. The number of carbonyl (C=O) groups is 1. The molecule has 32 heavy (non-hydrogen) atoms. The van der Waals surface area contributed by atoms with Crippen molar-refractivity contribution in [2.75, 3.05) is 27.3 Å². The van der Waals surface area contributed by atoms with Crippen LogP contribution in [-0.2, 0) is 6.18 Å². The van der Waals surface area contributed by atoms with E-state index in [1.165, 1.54) is 20.3 Å². The minimum absolute atomic E-state index is 0.146. The van der Waals surface area contributed by atoms with E-state index in [0.29, 0.717) is 47.8 Å². The summed E-state index contributed by atoms with van der Waals surface area (Å²) in [4.78, 5) is 19.3. The molecule has 1 saturated heterocycles. The summed E-state index contributed by atoms with van der Waals surface area (Å²) in [7, 11) is 2.99. The smallest absolute Gasteiger partial charge is 0.433 e. The van der Waals surface area contributed by atoms with Crippen molar-refractivity contribution in [2.24, 2.45) is 0 Å². The molecule has 10 heteroatoms. The first-order valence-corrected chi connectivity index (χ1v) is 10.2. The van der Waals surface area contributed by atoms with Crippen LogP contribution in [-0.4, -0.2) is 52.7 Å². The third-order valence-corrected chi connectivity index (χ3v) is 5.63. The number of ether oxygens (including phenoxy) is 2. The minimum Gasteiger partial charge on any atom is -0.497 e. The van der Waals surface area contributed by atoms with Gasteiger partial charge in [-0.1, -0.05) is 0 Å². The highest BCUT2D eigenvalue weighted by Gasteiger charge is 2.36. The Bertz CT molecular complexity index is 1160. The highest BCUT2D eigenvalue weighted by atomic mass is 19.4. The van der Waals surface area contributed by atoms with E-state index in [9.17, 15) is 18.0 Å². The van der Waals surface area contributed by atoms with E-state index in [1.807, 2.05) is 0 Å². The van der Waals surface area contributed by atoms with E-state index in [1.54, 1.807) is 30.0 Å². The lowest BCUT2D eigenvalue weighted by Gasteiger charge is -2.33. The summed E-state index contributed by atoms with van der Waals surface area (Å²) < 4.78 is 52.3. The first-order valence-electron chi connectivity index (χ1n) is 10.2. The van der Waals surface area contributed by atoms with Crippen molar-refractivity contribution in [3.05, 3.63) is 53.0 Å². The first-order chi connectivity index (χ1) is 15.2. The van der Waals surface area contributed by atoms with Crippen molar-refractivity contribution in [3.63, 3.8) is 0 Å². The second kappa shape index (κ2) is 8.33. The number of hydrogen-bond acceptors (Lipinski definition) is 5. The molecule has 1 aliphatic heterocycles. The molecule has 7 nitrogen and oxygen atoms in total. The van der Waals surface area contributed by atoms with Crippen LogP contribution >= 0.6 is 0 Å². The summed E-state index contributed by atoms with van der Waals surface area (Å²) in [6, 6.07) is 7.50. The molecule has 0 saturated carbocycles. The topological polar surface area (TPSA) is 69.0 Å². The van der Waals surface area contributed by atoms with E-state index >= 15 is 0 Å². The van der Waals surface area contributed by atoms with Gasteiger partial charge in [0, 0.05) is 36.8 Å². The van der Waals surface area contributed by atoms with E-state index in [-0.39, 0.29) is 24.0 Å². The normalized spacial score (nSPS) is 16.9. The Morgan fingerprint density at radius 2 is 1.94 bits per heavy atom. The third-order valence-electron chi connectivity index (χ3n) is 5.63. The number of amides is 1. The molecule has 1 atom stereocenters. The molecule has 0 N–H and O–H groups in total. The zero-order valence-electron chi connectivity index (χ0n) is 17.9. The van der Waals surface area contributed by atoms with Crippen molar-refractivity contribution in [1.29, 1.82) is 0 Å². The summed E-state index contributed by atoms with van der Waals surface area (Å²) in [5, 5.41) is 3.93. The highest BCUT2D eigenvalue weighted by Crippen LogP contribution is 2.34.